The van der Waals surface area contributed by atoms with Crippen molar-refractivity contribution >= 4 is 26.7 Å². The topological polar surface area (TPSA) is 87.1 Å². The average molecular weight is 304 g/mol. The molecule has 0 saturated heterocycles. The Hall–Kier alpha value is -1.99. The number of ether oxygens (including phenoxy) is 1. The van der Waals surface area contributed by atoms with Gasteiger partial charge in [0.1, 0.15) is 5.60 Å². The summed E-state index contributed by atoms with van der Waals surface area (Å²) < 4.78 is 12.0. The number of fused-ring (bicyclic) bond motifs is 1. The number of hydrogen-bond donors (Lipinski definition) is 1. The molecule has 3 aromatic rings. The Morgan fingerprint density at radius 3 is 2.90 bits per heavy atom. The lowest BCUT2D eigenvalue weighted by Crippen LogP contribution is -2.23. The summed E-state index contributed by atoms with van der Waals surface area (Å²) >= 11 is 1.43. The summed E-state index contributed by atoms with van der Waals surface area (Å²) in [6.07, 6.45) is 0. The van der Waals surface area contributed by atoms with Crippen LogP contribution in [0.2, 0.25) is 0 Å². The summed E-state index contributed by atoms with van der Waals surface area (Å²) in [6, 6.07) is 5.75. The Labute approximate surface area is 125 Å². The SMILES string of the molecule is CCOC(C)(C)c1noc(-c2ccc3nc(N)sc3c2)n1. The van der Waals surface area contributed by atoms with E-state index in [0.29, 0.717) is 23.5 Å². The fraction of sp³-hybridized carbons (Fsp3) is 0.357. The molecule has 110 valence electrons. The zero-order valence-electron chi connectivity index (χ0n) is 12.1. The first-order chi connectivity index (χ1) is 9.99. The molecule has 7 heteroatoms. The highest BCUT2D eigenvalue weighted by molar-refractivity contribution is 7.22. The maximum absolute atomic E-state index is 5.71. The summed E-state index contributed by atoms with van der Waals surface area (Å²) in [5.41, 5.74) is 6.86. The van der Waals surface area contributed by atoms with Crippen LogP contribution in [0, 0.1) is 0 Å². The van der Waals surface area contributed by atoms with Crippen LogP contribution < -0.4 is 5.73 Å². The van der Waals surface area contributed by atoms with Crippen molar-refractivity contribution in [2.45, 2.75) is 26.4 Å². The second kappa shape index (κ2) is 5.09. The molecule has 6 nitrogen and oxygen atoms in total. The molecule has 0 amide bonds. The van der Waals surface area contributed by atoms with Crippen molar-refractivity contribution in [1.29, 1.82) is 0 Å². The second-order valence-electron chi connectivity index (χ2n) is 5.10. The van der Waals surface area contributed by atoms with Gasteiger partial charge in [0.15, 0.2) is 5.13 Å². The lowest BCUT2D eigenvalue weighted by atomic mass is 10.1. The number of nitrogens with zero attached hydrogens (tertiary/aromatic N) is 3. The molecule has 0 aliphatic heterocycles. The maximum Gasteiger partial charge on any atom is 0.258 e. The van der Waals surface area contributed by atoms with Crippen molar-refractivity contribution in [3.05, 3.63) is 24.0 Å². The van der Waals surface area contributed by atoms with E-state index in [2.05, 4.69) is 15.1 Å². The molecule has 0 aliphatic rings. The highest BCUT2D eigenvalue weighted by Gasteiger charge is 2.27. The number of anilines is 1. The molecule has 0 bridgehead atoms. The predicted octanol–water partition coefficient (Wildman–Crippen LogP) is 3.20. The Bertz CT molecular complexity index is 778. The summed E-state index contributed by atoms with van der Waals surface area (Å²) in [6.45, 7) is 6.35. The van der Waals surface area contributed by atoms with E-state index in [1.165, 1.54) is 11.3 Å². The lowest BCUT2D eigenvalue weighted by Gasteiger charge is -2.19. The Morgan fingerprint density at radius 2 is 2.14 bits per heavy atom. The minimum Gasteiger partial charge on any atom is -0.375 e. The van der Waals surface area contributed by atoms with Crippen LogP contribution in [0.15, 0.2) is 22.7 Å². The molecule has 0 saturated carbocycles. The zero-order chi connectivity index (χ0) is 15.0. The third-order valence-corrected chi connectivity index (χ3v) is 3.97. The molecule has 0 fully saturated rings. The van der Waals surface area contributed by atoms with E-state index < -0.39 is 5.60 Å². The largest absolute Gasteiger partial charge is 0.375 e. The molecule has 0 radical (unpaired) electrons. The van der Waals surface area contributed by atoms with Crippen LogP contribution in [0.4, 0.5) is 5.13 Å². The number of nitrogen functional groups attached to an aromatic ring is 1. The van der Waals surface area contributed by atoms with Gasteiger partial charge in [-0.1, -0.05) is 16.5 Å². The number of benzene rings is 1. The van der Waals surface area contributed by atoms with Gasteiger partial charge in [-0.2, -0.15) is 4.98 Å². The Balaban J connectivity index is 1.97. The Kier molecular flexibility index (Phi) is 3.38. The molecule has 1 aromatic carbocycles. The first kappa shape index (κ1) is 14.0. The van der Waals surface area contributed by atoms with E-state index >= 15 is 0 Å². The normalized spacial score (nSPS) is 12.1. The zero-order valence-corrected chi connectivity index (χ0v) is 12.9. The second-order valence-corrected chi connectivity index (χ2v) is 6.16. The average Bonchev–Trinajstić information content (AvgIpc) is 3.02. The van der Waals surface area contributed by atoms with Gasteiger partial charge in [0, 0.05) is 12.2 Å². The monoisotopic (exact) mass is 304 g/mol. The van der Waals surface area contributed by atoms with Crippen molar-refractivity contribution in [3.8, 4) is 11.5 Å². The van der Waals surface area contributed by atoms with Gasteiger partial charge in [-0.05, 0) is 39.0 Å². The number of nitrogens with two attached hydrogens (primary N) is 1. The number of aromatic nitrogens is 3. The molecule has 3 rings (SSSR count). The third-order valence-electron chi connectivity index (χ3n) is 3.12. The van der Waals surface area contributed by atoms with Gasteiger partial charge in [-0.3, -0.25) is 0 Å². The van der Waals surface area contributed by atoms with Crippen molar-refractivity contribution in [2.75, 3.05) is 12.3 Å². The van der Waals surface area contributed by atoms with Crippen LogP contribution in [0.5, 0.6) is 0 Å². The van der Waals surface area contributed by atoms with E-state index in [9.17, 15) is 0 Å². The summed E-state index contributed by atoms with van der Waals surface area (Å²) in [5, 5.41) is 4.57. The van der Waals surface area contributed by atoms with Crippen LogP contribution in [-0.2, 0) is 10.3 Å². The molecule has 2 aromatic heterocycles. The highest BCUT2D eigenvalue weighted by atomic mass is 32.1. The van der Waals surface area contributed by atoms with Crippen molar-refractivity contribution < 1.29 is 9.26 Å². The number of thiazole rings is 1. The molecular weight excluding hydrogens is 288 g/mol. The highest BCUT2D eigenvalue weighted by Crippen LogP contribution is 2.30. The molecule has 0 atom stereocenters. The summed E-state index contributed by atoms with van der Waals surface area (Å²) in [5.74, 6) is 0.995. The molecule has 21 heavy (non-hydrogen) atoms. The van der Waals surface area contributed by atoms with Crippen LogP contribution in [-0.4, -0.2) is 21.7 Å². The van der Waals surface area contributed by atoms with E-state index in [1.807, 2.05) is 39.0 Å². The molecule has 0 aliphatic carbocycles. The van der Waals surface area contributed by atoms with E-state index in [0.717, 1.165) is 15.8 Å². The standard InChI is InChI=1S/C14H16N4O2S/c1-4-19-14(2,3)12-17-11(20-18-12)8-5-6-9-10(7-8)21-13(15)16-9/h5-7H,4H2,1-3H3,(H2,15,16). The quantitative estimate of drug-likeness (QED) is 0.796. The van der Waals surface area contributed by atoms with E-state index in [-0.39, 0.29) is 0 Å². The van der Waals surface area contributed by atoms with Crippen LogP contribution in [0.1, 0.15) is 26.6 Å². The minimum absolute atomic E-state index is 0.464. The van der Waals surface area contributed by atoms with Crippen LogP contribution in [0.3, 0.4) is 0 Å². The van der Waals surface area contributed by atoms with Gasteiger partial charge in [-0.25, -0.2) is 4.98 Å². The first-order valence-corrected chi connectivity index (χ1v) is 7.46. The van der Waals surface area contributed by atoms with Gasteiger partial charge >= 0.3 is 0 Å². The third kappa shape index (κ3) is 2.62. The molecule has 2 heterocycles. The van der Waals surface area contributed by atoms with Crippen molar-refractivity contribution in [1.82, 2.24) is 15.1 Å². The van der Waals surface area contributed by atoms with Crippen molar-refractivity contribution in [2.24, 2.45) is 0 Å². The van der Waals surface area contributed by atoms with Gasteiger partial charge < -0.3 is 15.0 Å². The maximum atomic E-state index is 5.71. The summed E-state index contributed by atoms with van der Waals surface area (Å²) in [4.78, 5) is 8.66. The summed E-state index contributed by atoms with van der Waals surface area (Å²) in [7, 11) is 0. The van der Waals surface area contributed by atoms with E-state index in [1.54, 1.807) is 0 Å². The molecule has 0 spiro atoms. The van der Waals surface area contributed by atoms with Gasteiger partial charge in [0.25, 0.3) is 5.89 Å². The van der Waals surface area contributed by atoms with Crippen molar-refractivity contribution in [3.63, 3.8) is 0 Å². The number of hydrogen-bond acceptors (Lipinski definition) is 7. The van der Waals surface area contributed by atoms with Gasteiger partial charge in [0.2, 0.25) is 5.82 Å². The fourth-order valence-corrected chi connectivity index (χ4v) is 2.86. The Morgan fingerprint density at radius 1 is 1.33 bits per heavy atom. The molecular formula is C14H16N4O2S. The van der Waals surface area contributed by atoms with Gasteiger partial charge in [-0.15, -0.1) is 0 Å². The number of rotatable bonds is 4. The van der Waals surface area contributed by atoms with Crippen LogP contribution in [0.25, 0.3) is 21.7 Å². The van der Waals surface area contributed by atoms with Gasteiger partial charge in [0.05, 0.1) is 10.2 Å². The lowest BCUT2D eigenvalue weighted by molar-refractivity contribution is -0.0221. The molecule has 2 N–H and O–H groups in total. The first-order valence-electron chi connectivity index (χ1n) is 6.64. The smallest absolute Gasteiger partial charge is 0.258 e. The van der Waals surface area contributed by atoms with E-state index in [4.69, 9.17) is 15.0 Å². The minimum atomic E-state index is -0.574. The molecule has 0 unspecified atom stereocenters. The predicted molar refractivity (Wildman–Crippen MR) is 82.0 cm³/mol. The fourth-order valence-electron chi connectivity index (χ4n) is 2.09. The van der Waals surface area contributed by atoms with Crippen LogP contribution >= 0.6 is 11.3 Å².